The molecule has 0 aliphatic heterocycles. The monoisotopic (exact) mass is 584 g/mol. The molecule has 0 fully saturated rings. The minimum Gasteiger partial charge on any atom is -0.478 e. The van der Waals surface area contributed by atoms with Gasteiger partial charge in [0.05, 0.1) is 37.0 Å². The van der Waals surface area contributed by atoms with Crippen molar-refractivity contribution in [3.8, 4) is 0 Å². The van der Waals surface area contributed by atoms with E-state index in [9.17, 15) is 24.3 Å². The summed E-state index contributed by atoms with van der Waals surface area (Å²) >= 11 is 25.3. The van der Waals surface area contributed by atoms with E-state index in [1.807, 2.05) is 0 Å². The number of Topliss-reactive ketones (excluding diaryl/α,β-unsaturated/α-hetero) is 1. The zero-order valence-electron chi connectivity index (χ0n) is 18.3. The van der Waals surface area contributed by atoms with Gasteiger partial charge >= 0.3 is 5.97 Å². The predicted octanol–water partition coefficient (Wildman–Crippen LogP) is 7.18. The predicted molar refractivity (Wildman–Crippen MR) is 144 cm³/mol. The average molecular weight is 586 g/mol. The van der Waals surface area contributed by atoms with Gasteiger partial charge in [-0.1, -0.05) is 46.4 Å². The fourth-order valence-electron chi connectivity index (χ4n) is 3.01. The zero-order valence-corrected chi connectivity index (χ0v) is 22.2. The number of hydrogen-bond donors (Lipinski definition) is 3. The fraction of sp³-hybridized carbons (Fsp3) is 0.0833. The van der Waals surface area contributed by atoms with Gasteiger partial charge in [-0.05, 0) is 55.5 Å². The minimum absolute atomic E-state index is 0.0609. The van der Waals surface area contributed by atoms with Crippen molar-refractivity contribution in [2.75, 3.05) is 16.4 Å². The van der Waals surface area contributed by atoms with Gasteiger partial charge < -0.3 is 15.7 Å². The Balaban J connectivity index is 1.64. The van der Waals surface area contributed by atoms with Crippen LogP contribution in [-0.2, 0) is 4.79 Å². The summed E-state index contributed by atoms with van der Waals surface area (Å²) < 4.78 is 0. The van der Waals surface area contributed by atoms with Gasteiger partial charge in [-0.3, -0.25) is 14.4 Å². The lowest BCUT2D eigenvalue weighted by Gasteiger charge is -2.14. The van der Waals surface area contributed by atoms with Gasteiger partial charge in [0.15, 0.2) is 5.78 Å². The standard InChI is InChI=1S/C24H16Cl4N2O5S/c1-11(31)12-2-4-13(5-3-12)29-16(32)10-36-15-8-6-14(7-9-15)30-23(33)17-18(24(34)35)20(26)22(28)21(27)19(17)25/h2-9H,10H2,1H3,(H,29,32)(H,30,33)(H,34,35). The highest BCUT2D eigenvalue weighted by molar-refractivity contribution is 8.00. The molecular formula is C24H16Cl4N2O5S. The third-order valence-electron chi connectivity index (χ3n) is 4.77. The third-order valence-corrected chi connectivity index (χ3v) is 7.58. The van der Waals surface area contributed by atoms with Crippen LogP contribution >= 0.6 is 58.2 Å². The highest BCUT2D eigenvalue weighted by Gasteiger charge is 2.28. The molecule has 0 aliphatic rings. The number of aromatic carboxylic acids is 1. The van der Waals surface area contributed by atoms with Crippen molar-refractivity contribution < 1.29 is 24.3 Å². The zero-order chi connectivity index (χ0) is 26.6. The lowest BCUT2D eigenvalue weighted by molar-refractivity contribution is -0.113. The molecule has 0 aromatic heterocycles. The van der Waals surface area contributed by atoms with Gasteiger partial charge in [0.2, 0.25) is 5.91 Å². The van der Waals surface area contributed by atoms with Gasteiger partial charge in [-0.15, -0.1) is 11.8 Å². The molecule has 7 nitrogen and oxygen atoms in total. The first-order chi connectivity index (χ1) is 17.0. The van der Waals surface area contributed by atoms with Crippen LogP contribution in [0, 0.1) is 0 Å². The molecule has 186 valence electrons. The molecule has 0 heterocycles. The fourth-order valence-corrected chi connectivity index (χ4v) is 4.73. The molecular weight excluding hydrogens is 570 g/mol. The maximum Gasteiger partial charge on any atom is 0.338 e. The Morgan fingerprint density at radius 2 is 1.25 bits per heavy atom. The summed E-state index contributed by atoms with van der Waals surface area (Å²) in [7, 11) is 0. The van der Waals surface area contributed by atoms with Gasteiger partial charge in [0.1, 0.15) is 0 Å². The van der Waals surface area contributed by atoms with Crippen LogP contribution in [0.25, 0.3) is 0 Å². The lowest BCUT2D eigenvalue weighted by atomic mass is 10.1. The van der Waals surface area contributed by atoms with Crippen molar-refractivity contribution in [3.63, 3.8) is 0 Å². The Morgan fingerprint density at radius 3 is 1.78 bits per heavy atom. The quantitative estimate of drug-likeness (QED) is 0.112. The molecule has 36 heavy (non-hydrogen) atoms. The van der Waals surface area contributed by atoms with E-state index in [1.54, 1.807) is 48.5 Å². The number of amides is 2. The molecule has 0 radical (unpaired) electrons. The van der Waals surface area contributed by atoms with Crippen LogP contribution in [0.2, 0.25) is 20.1 Å². The summed E-state index contributed by atoms with van der Waals surface area (Å²) in [6.07, 6.45) is 0. The summed E-state index contributed by atoms with van der Waals surface area (Å²) in [5.41, 5.74) is 0.482. The average Bonchev–Trinajstić information content (AvgIpc) is 2.84. The third kappa shape index (κ3) is 6.52. The van der Waals surface area contributed by atoms with Crippen LogP contribution in [0.3, 0.4) is 0 Å². The van der Waals surface area contributed by atoms with E-state index in [-0.39, 0.29) is 32.5 Å². The van der Waals surface area contributed by atoms with E-state index in [0.29, 0.717) is 16.9 Å². The second kappa shape index (κ2) is 12.0. The van der Waals surface area contributed by atoms with Crippen LogP contribution in [-0.4, -0.2) is 34.4 Å². The molecule has 3 aromatic carbocycles. The van der Waals surface area contributed by atoms with Gasteiger partial charge in [-0.2, -0.15) is 0 Å². The topological polar surface area (TPSA) is 113 Å². The summed E-state index contributed by atoms with van der Waals surface area (Å²) in [6, 6.07) is 13.1. The number of carboxylic acids is 1. The molecule has 2 amide bonds. The number of halogens is 4. The molecule has 0 atom stereocenters. The van der Waals surface area contributed by atoms with E-state index in [0.717, 1.165) is 4.90 Å². The number of benzene rings is 3. The second-order valence-corrected chi connectivity index (χ2v) is 9.82. The molecule has 0 unspecified atom stereocenters. The molecule has 0 bridgehead atoms. The molecule has 0 saturated carbocycles. The lowest BCUT2D eigenvalue weighted by Crippen LogP contribution is -2.18. The Kier molecular flexibility index (Phi) is 9.27. The first kappa shape index (κ1) is 27.8. The molecule has 0 aliphatic carbocycles. The number of hydrogen-bond acceptors (Lipinski definition) is 5. The molecule has 0 saturated heterocycles. The van der Waals surface area contributed by atoms with Crippen LogP contribution in [0.4, 0.5) is 11.4 Å². The van der Waals surface area contributed by atoms with Crippen molar-refractivity contribution in [2.45, 2.75) is 11.8 Å². The van der Waals surface area contributed by atoms with Crippen molar-refractivity contribution in [2.24, 2.45) is 0 Å². The number of anilines is 2. The number of carbonyl (C=O) groups excluding carboxylic acids is 3. The van der Waals surface area contributed by atoms with Crippen molar-refractivity contribution in [1.29, 1.82) is 0 Å². The first-order valence-electron chi connectivity index (χ1n) is 10.0. The van der Waals surface area contributed by atoms with Gasteiger partial charge in [0, 0.05) is 21.8 Å². The van der Waals surface area contributed by atoms with E-state index in [1.165, 1.54) is 18.7 Å². The van der Waals surface area contributed by atoms with Crippen molar-refractivity contribution in [1.82, 2.24) is 0 Å². The van der Waals surface area contributed by atoms with Gasteiger partial charge in [-0.25, -0.2) is 4.79 Å². The Bertz CT molecular complexity index is 1360. The Hall–Kier alpha value is -2.75. The maximum absolute atomic E-state index is 12.8. The van der Waals surface area contributed by atoms with Crippen LogP contribution < -0.4 is 10.6 Å². The van der Waals surface area contributed by atoms with Crippen molar-refractivity contribution >= 4 is 93.1 Å². The van der Waals surface area contributed by atoms with E-state index in [4.69, 9.17) is 46.4 Å². The van der Waals surface area contributed by atoms with Crippen LogP contribution in [0.1, 0.15) is 38.0 Å². The van der Waals surface area contributed by atoms with Crippen LogP contribution in [0.5, 0.6) is 0 Å². The number of carboxylic acid groups (broad SMARTS) is 1. The second-order valence-electron chi connectivity index (χ2n) is 7.26. The highest BCUT2D eigenvalue weighted by atomic mass is 35.5. The summed E-state index contributed by atoms with van der Waals surface area (Å²) in [5.74, 6) is -2.51. The SMILES string of the molecule is CC(=O)c1ccc(NC(=O)CSc2ccc(NC(=O)c3c(Cl)c(Cl)c(Cl)c(Cl)c3C(=O)O)cc2)cc1. The summed E-state index contributed by atoms with van der Waals surface area (Å²) in [4.78, 5) is 48.8. The van der Waals surface area contributed by atoms with Crippen LogP contribution in [0.15, 0.2) is 53.4 Å². The number of thioether (sulfide) groups is 1. The summed E-state index contributed by atoms with van der Waals surface area (Å²) in [6.45, 7) is 1.46. The first-order valence-corrected chi connectivity index (χ1v) is 12.5. The van der Waals surface area contributed by atoms with E-state index >= 15 is 0 Å². The highest BCUT2D eigenvalue weighted by Crippen LogP contribution is 2.41. The Labute approximate surface area is 230 Å². The number of nitrogens with one attached hydrogen (secondary N) is 2. The Morgan fingerprint density at radius 1 is 0.750 bits per heavy atom. The summed E-state index contributed by atoms with van der Waals surface area (Å²) in [5, 5.41) is 13.5. The molecule has 0 spiro atoms. The van der Waals surface area contributed by atoms with Crippen molar-refractivity contribution in [3.05, 3.63) is 85.3 Å². The number of ketones is 1. The normalized spacial score (nSPS) is 10.6. The maximum atomic E-state index is 12.8. The largest absolute Gasteiger partial charge is 0.478 e. The molecule has 3 N–H and O–H groups in total. The minimum atomic E-state index is -1.49. The number of carbonyl (C=O) groups is 4. The van der Waals surface area contributed by atoms with E-state index in [2.05, 4.69) is 10.6 Å². The number of rotatable bonds is 8. The molecule has 12 heteroatoms. The smallest absolute Gasteiger partial charge is 0.338 e. The van der Waals surface area contributed by atoms with E-state index < -0.39 is 28.0 Å². The molecule has 3 rings (SSSR count). The molecule has 3 aromatic rings. The van der Waals surface area contributed by atoms with Gasteiger partial charge in [0.25, 0.3) is 5.91 Å².